The summed E-state index contributed by atoms with van der Waals surface area (Å²) in [6, 6.07) is 5.60. The van der Waals surface area contributed by atoms with Crippen molar-refractivity contribution in [1.29, 1.82) is 0 Å². The highest BCUT2D eigenvalue weighted by Crippen LogP contribution is 2.50. The maximum absolute atomic E-state index is 13.6. The first-order valence-electron chi connectivity index (χ1n) is 7.85. The molecule has 0 radical (unpaired) electrons. The van der Waals surface area contributed by atoms with Crippen LogP contribution in [0.5, 0.6) is 0 Å². The number of hydrogen-bond acceptors (Lipinski definition) is 1. The summed E-state index contributed by atoms with van der Waals surface area (Å²) in [4.78, 5) is 0. The Hall–Kier alpha value is -0.600. The van der Waals surface area contributed by atoms with Crippen molar-refractivity contribution < 1.29 is 4.39 Å². The number of halogens is 2. The van der Waals surface area contributed by atoms with Crippen molar-refractivity contribution in [1.82, 2.24) is 5.32 Å². The summed E-state index contributed by atoms with van der Waals surface area (Å²) >= 11 is 6.12. The lowest BCUT2D eigenvalue weighted by molar-refractivity contribution is 0.249. The van der Waals surface area contributed by atoms with E-state index >= 15 is 0 Å². The smallest absolute Gasteiger partial charge is 0.142 e. The van der Waals surface area contributed by atoms with Gasteiger partial charge in [-0.05, 0) is 61.6 Å². The van der Waals surface area contributed by atoms with Crippen LogP contribution in [0.2, 0.25) is 5.02 Å². The predicted octanol–water partition coefficient (Wildman–Crippen LogP) is 4.44. The van der Waals surface area contributed by atoms with E-state index in [4.69, 9.17) is 11.6 Å². The first-order valence-corrected chi connectivity index (χ1v) is 8.23. The van der Waals surface area contributed by atoms with Crippen molar-refractivity contribution >= 4 is 11.6 Å². The van der Waals surface area contributed by atoms with Crippen molar-refractivity contribution in [3.05, 3.63) is 34.6 Å². The number of nitrogens with one attached hydrogen (secondary N) is 1. The minimum absolute atomic E-state index is 0.299. The van der Waals surface area contributed by atoms with Gasteiger partial charge < -0.3 is 5.32 Å². The molecule has 2 aliphatic rings. The van der Waals surface area contributed by atoms with Gasteiger partial charge in [0, 0.05) is 6.04 Å². The molecule has 1 aromatic carbocycles. The minimum atomic E-state index is -0.299. The Kier molecular flexibility index (Phi) is 4.32. The molecule has 20 heavy (non-hydrogen) atoms. The van der Waals surface area contributed by atoms with Crippen LogP contribution >= 0.6 is 11.6 Å². The van der Waals surface area contributed by atoms with E-state index in [9.17, 15) is 4.39 Å². The van der Waals surface area contributed by atoms with Gasteiger partial charge in [-0.1, -0.05) is 37.1 Å². The fourth-order valence-corrected chi connectivity index (χ4v) is 4.57. The topological polar surface area (TPSA) is 12.0 Å². The minimum Gasteiger partial charge on any atom is -0.314 e. The average Bonchev–Trinajstić information content (AvgIpc) is 3.05. The zero-order valence-corrected chi connectivity index (χ0v) is 12.8. The van der Waals surface area contributed by atoms with E-state index in [1.807, 2.05) is 6.07 Å². The first kappa shape index (κ1) is 14.3. The highest BCUT2D eigenvalue weighted by atomic mass is 35.5. The van der Waals surface area contributed by atoms with Gasteiger partial charge in [-0.3, -0.25) is 0 Å². The molecule has 0 aliphatic heterocycles. The first-order chi connectivity index (χ1) is 9.69. The van der Waals surface area contributed by atoms with Gasteiger partial charge in [-0.15, -0.1) is 0 Å². The third-order valence-electron chi connectivity index (χ3n) is 5.25. The molecule has 4 unspecified atom stereocenters. The Morgan fingerprint density at radius 3 is 2.85 bits per heavy atom. The van der Waals surface area contributed by atoms with Crippen molar-refractivity contribution in [3.63, 3.8) is 0 Å². The Labute approximate surface area is 125 Å². The van der Waals surface area contributed by atoms with Crippen molar-refractivity contribution in [2.45, 2.75) is 45.1 Å². The SMILES string of the molecule is CCNC(Cc1cccc(F)c1Cl)C1CC2CCC1C2. The molecule has 0 aromatic heterocycles. The molecule has 0 heterocycles. The van der Waals surface area contributed by atoms with Crippen molar-refractivity contribution in [3.8, 4) is 0 Å². The maximum Gasteiger partial charge on any atom is 0.142 e. The van der Waals surface area contributed by atoms with Gasteiger partial charge >= 0.3 is 0 Å². The monoisotopic (exact) mass is 295 g/mol. The lowest BCUT2D eigenvalue weighted by Crippen LogP contribution is -2.40. The van der Waals surface area contributed by atoms with Crippen LogP contribution in [-0.4, -0.2) is 12.6 Å². The number of benzene rings is 1. The fraction of sp³-hybridized carbons (Fsp3) is 0.647. The zero-order chi connectivity index (χ0) is 14.1. The van der Waals surface area contributed by atoms with Crippen LogP contribution in [0.25, 0.3) is 0 Å². The highest BCUT2D eigenvalue weighted by Gasteiger charge is 2.42. The molecule has 2 bridgehead atoms. The molecule has 110 valence electrons. The van der Waals surface area contributed by atoms with Gasteiger partial charge in [-0.2, -0.15) is 0 Å². The Balaban J connectivity index is 1.76. The van der Waals surface area contributed by atoms with Gasteiger partial charge in [0.2, 0.25) is 0 Å². The summed E-state index contributed by atoms with van der Waals surface area (Å²) in [5, 5.41) is 3.93. The number of rotatable bonds is 5. The molecule has 1 nitrogen and oxygen atoms in total. The van der Waals surface area contributed by atoms with E-state index < -0.39 is 0 Å². The number of likely N-dealkylation sites (N-methyl/N-ethyl adjacent to an activating group) is 1. The normalized spacial score (nSPS) is 29.9. The standard InChI is InChI=1S/C17H23ClFN/c1-2-20-16(14-9-11-6-7-12(14)8-11)10-13-4-3-5-15(19)17(13)18/h3-5,11-12,14,16,20H,2,6-10H2,1H3. The lowest BCUT2D eigenvalue weighted by Gasteiger charge is -2.31. The van der Waals surface area contributed by atoms with Gasteiger partial charge in [0.15, 0.2) is 0 Å². The van der Waals surface area contributed by atoms with Gasteiger partial charge in [0.05, 0.1) is 5.02 Å². The summed E-state index contributed by atoms with van der Waals surface area (Å²) in [5.41, 5.74) is 0.945. The molecular formula is C17H23ClFN. The van der Waals surface area contributed by atoms with E-state index in [1.54, 1.807) is 6.07 Å². The summed E-state index contributed by atoms with van der Waals surface area (Å²) < 4.78 is 13.6. The van der Waals surface area contributed by atoms with E-state index in [0.29, 0.717) is 11.1 Å². The highest BCUT2D eigenvalue weighted by molar-refractivity contribution is 6.31. The summed E-state index contributed by atoms with van der Waals surface area (Å²) in [6.45, 7) is 3.11. The molecule has 3 heteroatoms. The Bertz CT molecular complexity index is 476. The molecule has 4 atom stereocenters. The third-order valence-corrected chi connectivity index (χ3v) is 5.67. The lowest BCUT2D eigenvalue weighted by atomic mass is 9.81. The molecule has 0 saturated heterocycles. The summed E-state index contributed by atoms with van der Waals surface area (Å²) in [7, 11) is 0. The number of fused-ring (bicyclic) bond motifs is 2. The van der Waals surface area contributed by atoms with Crippen molar-refractivity contribution in [2.24, 2.45) is 17.8 Å². The van der Waals surface area contributed by atoms with Gasteiger partial charge in [0.25, 0.3) is 0 Å². The molecule has 1 aromatic rings. The largest absolute Gasteiger partial charge is 0.314 e. The molecule has 1 N–H and O–H groups in total. The van der Waals surface area contributed by atoms with Crippen LogP contribution < -0.4 is 5.32 Å². The third kappa shape index (κ3) is 2.73. The van der Waals surface area contributed by atoms with E-state index in [1.165, 1.54) is 31.7 Å². The zero-order valence-electron chi connectivity index (χ0n) is 12.0. The maximum atomic E-state index is 13.6. The van der Waals surface area contributed by atoms with Gasteiger partial charge in [-0.25, -0.2) is 4.39 Å². The van der Waals surface area contributed by atoms with Crippen LogP contribution in [0, 0.1) is 23.6 Å². The second-order valence-electron chi connectivity index (χ2n) is 6.42. The van der Waals surface area contributed by atoms with Crippen LogP contribution in [0.4, 0.5) is 4.39 Å². The van der Waals surface area contributed by atoms with E-state index in [0.717, 1.165) is 36.3 Å². The Morgan fingerprint density at radius 1 is 1.35 bits per heavy atom. The molecule has 2 fully saturated rings. The number of hydrogen-bond donors (Lipinski definition) is 1. The van der Waals surface area contributed by atoms with Crippen LogP contribution in [-0.2, 0) is 6.42 Å². The van der Waals surface area contributed by atoms with E-state index in [2.05, 4.69) is 12.2 Å². The van der Waals surface area contributed by atoms with Crippen LogP contribution in [0.3, 0.4) is 0 Å². The molecule has 0 spiro atoms. The fourth-order valence-electron chi connectivity index (χ4n) is 4.37. The molecule has 2 aliphatic carbocycles. The average molecular weight is 296 g/mol. The van der Waals surface area contributed by atoms with Crippen LogP contribution in [0.15, 0.2) is 18.2 Å². The second-order valence-corrected chi connectivity index (χ2v) is 6.80. The Morgan fingerprint density at radius 2 is 2.20 bits per heavy atom. The van der Waals surface area contributed by atoms with Gasteiger partial charge in [0.1, 0.15) is 5.82 Å². The second kappa shape index (κ2) is 6.03. The molecule has 3 rings (SSSR count). The predicted molar refractivity (Wildman–Crippen MR) is 81.5 cm³/mol. The quantitative estimate of drug-likeness (QED) is 0.847. The summed E-state index contributed by atoms with van der Waals surface area (Å²) in [5.74, 6) is 2.26. The molecule has 2 saturated carbocycles. The van der Waals surface area contributed by atoms with E-state index in [-0.39, 0.29) is 5.82 Å². The van der Waals surface area contributed by atoms with Crippen LogP contribution in [0.1, 0.15) is 38.2 Å². The molecular weight excluding hydrogens is 273 g/mol. The molecule has 0 amide bonds. The summed E-state index contributed by atoms with van der Waals surface area (Å²) in [6.07, 6.45) is 6.39. The van der Waals surface area contributed by atoms with Crippen molar-refractivity contribution in [2.75, 3.05) is 6.54 Å².